The molecule has 0 saturated carbocycles. The van der Waals surface area contributed by atoms with E-state index in [2.05, 4.69) is 49.7 Å². The summed E-state index contributed by atoms with van der Waals surface area (Å²) >= 11 is 0. The van der Waals surface area contributed by atoms with Crippen LogP contribution in [-0.4, -0.2) is 33.3 Å². The molecule has 0 aliphatic carbocycles. The third-order valence-electron chi connectivity index (χ3n) is 5.68. The van der Waals surface area contributed by atoms with E-state index in [9.17, 15) is 0 Å². The van der Waals surface area contributed by atoms with E-state index in [4.69, 9.17) is 9.40 Å². The summed E-state index contributed by atoms with van der Waals surface area (Å²) in [6.45, 7) is 4.03. The van der Waals surface area contributed by atoms with E-state index in [0.717, 1.165) is 35.6 Å². The predicted molar refractivity (Wildman–Crippen MR) is 126 cm³/mol. The van der Waals surface area contributed by atoms with Gasteiger partial charge in [-0.15, -0.1) is 10.2 Å². The summed E-state index contributed by atoms with van der Waals surface area (Å²) in [5.74, 6) is 1.62. The highest BCUT2D eigenvalue weighted by Crippen LogP contribution is 2.27. The molecule has 3 heterocycles. The normalized spacial score (nSPS) is 14.2. The monoisotopic (exact) mass is 426 g/mol. The maximum atomic E-state index is 5.48. The minimum absolute atomic E-state index is 0.511. The Kier molecular flexibility index (Phi) is 5.79. The molecule has 1 N–H and O–H groups in total. The fourth-order valence-electron chi connectivity index (χ4n) is 4.01. The molecule has 0 amide bonds. The molecule has 32 heavy (non-hydrogen) atoms. The van der Waals surface area contributed by atoms with Crippen LogP contribution in [0.5, 0.6) is 0 Å². The van der Waals surface area contributed by atoms with Crippen LogP contribution in [0.1, 0.15) is 31.6 Å². The second-order valence-electron chi connectivity index (χ2n) is 8.05. The number of aromatic nitrogens is 4. The molecule has 2 aromatic heterocycles. The highest BCUT2D eigenvalue weighted by atomic mass is 16.4. The molecule has 4 aromatic rings. The second kappa shape index (κ2) is 9.18. The summed E-state index contributed by atoms with van der Waals surface area (Å²) < 4.78 is 5.48. The lowest BCUT2D eigenvalue weighted by Gasteiger charge is -2.23. The van der Waals surface area contributed by atoms with Gasteiger partial charge in [-0.3, -0.25) is 0 Å². The molecule has 7 nitrogen and oxygen atoms in total. The molecule has 0 bridgehead atoms. The Morgan fingerprint density at radius 2 is 1.69 bits per heavy atom. The van der Waals surface area contributed by atoms with E-state index in [1.54, 1.807) is 13.1 Å². The summed E-state index contributed by atoms with van der Waals surface area (Å²) in [7, 11) is 0. The third kappa shape index (κ3) is 4.61. The highest BCUT2D eigenvalue weighted by Gasteiger charge is 2.12. The number of hydrogen-bond acceptors (Lipinski definition) is 7. The van der Waals surface area contributed by atoms with Crippen LogP contribution >= 0.6 is 0 Å². The zero-order valence-electron chi connectivity index (χ0n) is 18.2. The maximum absolute atomic E-state index is 5.48. The molecule has 0 unspecified atom stereocenters. The van der Waals surface area contributed by atoms with Gasteiger partial charge in [-0.25, -0.2) is 9.97 Å². The first-order valence-electron chi connectivity index (χ1n) is 11.1. The first-order chi connectivity index (χ1) is 15.7. The fraction of sp³-hybridized carbons (Fsp3) is 0.280. The van der Waals surface area contributed by atoms with Crippen molar-refractivity contribution in [2.45, 2.75) is 32.6 Å². The van der Waals surface area contributed by atoms with Crippen LogP contribution in [-0.2, 0) is 0 Å². The molecule has 0 radical (unpaired) electrons. The molecule has 0 atom stereocenters. The van der Waals surface area contributed by atoms with Gasteiger partial charge in [-0.2, -0.15) is 0 Å². The average molecular weight is 427 g/mol. The summed E-state index contributed by atoms with van der Waals surface area (Å²) in [6.07, 6.45) is 6.96. The Hall–Kier alpha value is -3.74. The molecule has 1 aliphatic rings. The van der Waals surface area contributed by atoms with E-state index in [1.165, 1.54) is 31.4 Å². The van der Waals surface area contributed by atoms with Crippen molar-refractivity contribution in [3.63, 3.8) is 0 Å². The maximum Gasteiger partial charge on any atom is 0.247 e. The minimum Gasteiger partial charge on any atom is -0.421 e. The van der Waals surface area contributed by atoms with E-state index >= 15 is 0 Å². The molecule has 162 valence electrons. The fourth-order valence-corrected chi connectivity index (χ4v) is 4.01. The quantitative estimate of drug-likeness (QED) is 0.443. The van der Waals surface area contributed by atoms with Gasteiger partial charge in [0.2, 0.25) is 17.7 Å². The van der Waals surface area contributed by atoms with Gasteiger partial charge in [-0.1, -0.05) is 25.0 Å². The molecule has 5 rings (SSSR count). The van der Waals surface area contributed by atoms with Crippen LogP contribution in [0.2, 0.25) is 0 Å². The summed E-state index contributed by atoms with van der Waals surface area (Å²) in [6, 6.07) is 18.4. The Bertz CT molecular complexity index is 1180. The van der Waals surface area contributed by atoms with Crippen molar-refractivity contribution >= 4 is 17.3 Å². The van der Waals surface area contributed by atoms with E-state index in [1.807, 2.05) is 30.3 Å². The molecule has 0 spiro atoms. The number of anilines is 3. The van der Waals surface area contributed by atoms with E-state index in [0.29, 0.717) is 17.7 Å². The SMILES string of the molecule is Cc1nnc(-c2ccc(Nc3nccc(-c4cccc(N5CCCCCC5)c4)n3)cc2)o1. The molecule has 1 fully saturated rings. The van der Waals surface area contributed by atoms with Gasteiger partial charge < -0.3 is 14.6 Å². The summed E-state index contributed by atoms with van der Waals surface area (Å²) in [5.41, 5.74) is 5.03. The second-order valence-corrected chi connectivity index (χ2v) is 8.05. The van der Waals surface area contributed by atoms with Gasteiger partial charge in [0.15, 0.2) is 0 Å². The Morgan fingerprint density at radius 3 is 2.44 bits per heavy atom. The summed E-state index contributed by atoms with van der Waals surface area (Å²) in [5, 5.41) is 11.2. The first-order valence-corrected chi connectivity index (χ1v) is 11.1. The van der Waals surface area contributed by atoms with E-state index in [-0.39, 0.29) is 0 Å². The van der Waals surface area contributed by atoms with Crippen molar-refractivity contribution in [1.29, 1.82) is 0 Å². The summed E-state index contributed by atoms with van der Waals surface area (Å²) in [4.78, 5) is 11.6. The highest BCUT2D eigenvalue weighted by molar-refractivity contribution is 5.67. The standard InChI is InChI=1S/C25H26N6O/c1-18-29-30-24(32-18)19-9-11-21(12-10-19)27-25-26-14-13-23(28-25)20-7-6-8-22(17-20)31-15-4-2-3-5-16-31/h6-14,17H,2-5,15-16H2,1H3,(H,26,27,28). The van der Waals surface area contributed by atoms with Crippen molar-refractivity contribution < 1.29 is 4.42 Å². The van der Waals surface area contributed by atoms with Gasteiger partial charge in [0.25, 0.3) is 0 Å². The molecule has 1 aliphatic heterocycles. The number of hydrogen-bond donors (Lipinski definition) is 1. The van der Waals surface area contributed by atoms with Crippen molar-refractivity contribution in [1.82, 2.24) is 20.2 Å². The minimum atomic E-state index is 0.511. The zero-order chi connectivity index (χ0) is 21.8. The van der Waals surface area contributed by atoms with Crippen LogP contribution in [0.25, 0.3) is 22.7 Å². The number of benzene rings is 2. The third-order valence-corrected chi connectivity index (χ3v) is 5.68. The van der Waals surface area contributed by atoms with Gasteiger partial charge >= 0.3 is 0 Å². The molecule has 1 saturated heterocycles. The zero-order valence-corrected chi connectivity index (χ0v) is 18.2. The van der Waals surface area contributed by atoms with Crippen molar-refractivity contribution in [3.8, 4) is 22.7 Å². The van der Waals surface area contributed by atoms with Gasteiger partial charge in [0.1, 0.15) is 0 Å². The van der Waals surface area contributed by atoms with Crippen LogP contribution in [0.3, 0.4) is 0 Å². The Balaban J connectivity index is 1.33. The predicted octanol–water partition coefficient (Wildman–Crippen LogP) is 5.63. The van der Waals surface area contributed by atoms with Crippen LogP contribution in [0.4, 0.5) is 17.3 Å². The topological polar surface area (TPSA) is 80.0 Å². The lowest BCUT2D eigenvalue weighted by Crippen LogP contribution is -2.23. The first kappa shape index (κ1) is 20.2. The lowest BCUT2D eigenvalue weighted by molar-refractivity contribution is 0.533. The molecule has 7 heteroatoms. The number of rotatable bonds is 5. The van der Waals surface area contributed by atoms with Crippen LogP contribution < -0.4 is 10.2 Å². The van der Waals surface area contributed by atoms with Gasteiger partial charge in [0.05, 0.1) is 5.69 Å². The molecular weight excluding hydrogens is 400 g/mol. The largest absolute Gasteiger partial charge is 0.421 e. The lowest BCUT2D eigenvalue weighted by atomic mass is 10.1. The number of aryl methyl sites for hydroxylation is 1. The van der Waals surface area contributed by atoms with Crippen molar-refractivity contribution in [2.24, 2.45) is 0 Å². The Morgan fingerprint density at radius 1 is 0.875 bits per heavy atom. The van der Waals surface area contributed by atoms with Crippen molar-refractivity contribution in [2.75, 3.05) is 23.3 Å². The van der Waals surface area contributed by atoms with Crippen LogP contribution in [0, 0.1) is 6.92 Å². The molecule has 2 aromatic carbocycles. The van der Waals surface area contributed by atoms with Gasteiger partial charge in [-0.05, 0) is 55.3 Å². The number of nitrogens with zero attached hydrogens (tertiary/aromatic N) is 5. The van der Waals surface area contributed by atoms with E-state index < -0.39 is 0 Å². The Labute approximate surface area is 187 Å². The molecular formula is C25H26N6O. The number of nitrogens with one attached hydrogen (secondary N) is 1. The average Bonchev–Trinajstić information content (AvgIpc) is 3.09. The van der Waals surface area contributed by atoms with Gasteiger partial charge in [0, 0.05) is 48.7 Å². The van der Waals surface area contributed by atoms with Crippen molar-refractivity contribution in [3.05, 3.63) is 66.7 Å². The van der Waals surface area contributed by atoms with Crippen LogP contribution in [0.15, 0.2) is 65.2 Å². The smallest absolute Gasteiger partial charge is 0.247 e.